The number of carbonyl (C=O) groups is 2. The fraction of sp³-hybridized carbons (Fsp3) is 0.816. The minimum absolute atomic E-state index is 0.0555. The van der Waals surface area contributed by atoms with E-state index in [2.05, 4.69) is 71.8 Å². The molecule has 2 unspecified atom stereocenters. The highest BCUT2D eigenvalue weighted by Crippen LogP contribution is 2.40. The third kappa shape index (κ3) is 10.2. The molecule has 0 bridgehead atoms. The Bertz CT molecular complexity index is 1210. The Hall–Kier alpha value is -1.18. The summed E-state index contributed by atoms with van der Waals surface area (Å²) < 4.78 is 20.7. The van der Waals surface area contributed by atoms with Gasteiger partial charge < -0.3 is 18.9 Å². The van der Waals surface area contributed by atoms with Crippen LogP contribution in [0.4, 0.5) is 0 Å². The van der Waals surface area contributed by atoms with Crippen LogP contribution in [0, 0.1) is 24.2 Å². The van der Waals surface area contributed by atoms with Gasteiger partial charge in [-0.1, -0.05) is 75.7 Å². The van der Waals surface area contributed by atoms with Gasteiger partial charge in [-0.3, -0.25) is 9.59 Å². The van der Waals surface area contributed by atoms with Crippen molar-refractivity contribution in [2.24, 2.45) is 17.3 Å². The minimum atomic E-state index is -2.19. The van der Waals surface area contributed by atoms with E-state index < -0.39 is 28.2 Å². The predicted octanol–water partition coefficient (Wildman–Crippen LogP) is 9.72. The number of aromatic nitrogens is 1. The molecule has 0 spiro atoms. The topological polar surface area (TPSA) is 96.7 Å². The number of hydrogen-bond acceptors (Lipinski definition) is 8. The van der Waals surface area contributed by atoms with Gasteiger partial charge in [0.2, 0.25) is 0 Å². The smallest absolute Gasteiger partial charge is 0.309 e. The second kappa shape index (κ2) is 17.8. The van der Waals surface area contributed by atoms with E-state index in [1.165, 1.54) is 0 Å². The van der Waals surface area contributed by atoms with Gasteiger partial charge in [-0.15, -0.1) is 11.3 Å². The molecule has 1 aromatic rings. The van der Waals surface area contributed by atoms with Crippen LogP contribution in [0.1, 0.15) is 119 Å². The van der Waals surface area contributed by atoms with E-state index in [1.807, 2.05) is 33.1 Å². The number of esters is 1. The highest BCUT2D eigenvalue weighted by molar-refractivity contribution is 7.09. The number of cyclic esters (lactones) is 1. The van der Waals surface area contributed by atoms with E-state index in [-0.39, 0.29) is 42.2 Å². The minimum Gasteiger partial charge on any atom is -0.458 e. The molecular weight excluding hydrogens is 653 g/mol. The first-order valence-electron chi connectivity index (χ1n) is 19.1. The number of thiazole rings is 1. The van der Waals surface area contributed by atoms with E-state index in [1.54, 1.807) is 11.3 Å². The van der Waals surface area contributed by atoms with Crippen molar-refractivity contribution in [2.45, 2.75) is 182 Å². The van der Waals surface area contributed by atoms with E-state index in [0.29, 0.717) is 12.1 Å². The Kier molecular flexibility index (Phi) is 15.3. The summed E-state index contributed by atoms with van der Waals surface area (Å²) in [7, 11) is -4.18. The number of nitrogens with zero attached hydrogens (tertiary/aromatic N) is 1. The molecule has 0 saturated carbocycles. The number of rotatable bonds is 12. The maximum absolute atomic E-state index is 14.9. The van der Waals surface area contributed by atoms with E-state index >= 15 is 0 Å². The number of ketones is 1. The van der Waals surface area contributed by atoms with Crippen molar-refractivity contribution in [1.29, 1.82) is 0 Å². The van der Waals surface area contributed by atoms with Crippen LogP contribution in [0.5, 0.6) is 0 Å². The first-order valence-corrected chi connectivity index (χ1v) is 25.0. The molecule has 2 aliphatic heterocycles. The lowest BCUT2D eigenvalue weighted by Crippen LogP contribution is -2.53. The molecule has 3 rings (SSSR count). The Morgan fingerprint density at radius 3 is 2.10 bits per heavy atom. The number of ether oxygens (including phenoxy) is 1. The summed E-state index contributed by atoms with van der Waals surface area (Å²) in [5.41, 5.74) is 0.995. The third-order valence-corrected chi connectivity index (χ3v) is 22.2. The van der Waals surface area contributed by atoms with Crippen LogP contribution in [0.25, 0.3) is 6.08 Å². The SMILES string of the molecule is CC[Si](CC)(CC)O[C@H]1CC(=O)OC(/C(C)=C/c2csc(C)n2)C[C@@H]2N[C@@H]2CCCC(C)[C@H](O[Si](CC)(CC)CC)[C@@H](C)C(=O)C1(C)C. The maximum atomic E-state index is 14.9. The van der Waals surface area contributed by atoms with Crippen LogP contribution in [0.3, 0.4) is 0 Å². The van der Waals surface area contributed by atoms with Crippen LogP contribution in [0.2, 0.25) is 36.3 Å². The lowest BCUT2D eigenvalue weighted by atomic mass is 9.73. The number of fused-ring (bicyclic) bond motifs is 1. The molecule has 1 N–H and O–H groups in total. The largest absolute Gasteiger partial charge is 0.458 e. The van der Waals surface area contributed by atoms with Crippen LogP contribution in [0.15, 0.2) is 11.0 Å². The molecule has 0 aromatic carbocycles. The molecule has 0 amide bonds. The summed E-state index contributed by atoms with van der Waals surface area (Å²) in [4.78, 5) is 33.5. The lowest BCUT2D eigenvalue weighted by molar-refractivity contribution is -0.153. The normalized spacial score (nSPS) is 29.8. The average molecular weight is 721 g/mol. The number of carbonyl (C=O) groups excluding carboxylic acids is 2. The van der Waals surface area contributed by atoms with Gasteiger partial charge in [0.15, 0.2) is 16.6 Å². The summed E-state index contributed by atoms with van der Waals surface area (Å²) in [6.45, 7) is 25.8. The van der Waals surface area contributed by atoms with Crippen LogP contribution in [-0.2, 0) is 23.2 Å². The van der Waals surface area contributed by atoms with Crippen molar-refractivity contribution in [3.8, 4) is 0 Å². The molecule has 0 radical (unpaired) electrons. The van der Waals surface area contributed by atoms with Gasteiger partial charge in [0.1, 0.15) is 11.9 Å². The second-order valence-corrected chi connectivity index (χ2v) is 25.9. The van der Waals surface area contributed by atoms with E-state index in [9.17, 15) is 9.59 Å². The molecule has 7 atom stereocenters. The van der Waals surface area contributed by atoms with Crippen molar-refractivity contribution >= 4 is 45.8 Å². The van der Waals surface area contributed by atoms with Gasteiger partial charge in [-0.05, 0) is 80.5 Å². The molecule has 1 aromatic heterocycles. The molecule has 3 heterocycles. The molecule has 0 aliphatic carbocycles. The first kappa shape index (κ1) is 41.2. The molecule has 10 heteroatoms. The molecule has 7 nitrogen and oxygen atoms in total. The van der Waals surface area contributed by atoms with E-state index in [0.717, 1.165) is 78.2 Å². The summed E-state index contributed by atoms with van der Waals surface area (Å²) in [6, 6.07) is 6.70. The van der Waals surface area contributed by atoms with Gasteiger partial charge in [0.05, 0.1) is 29.3 Å². The monoisotopic (exact) mass is 720 g/mol. The number of nitrogens with one attached hydrogen (secondary N) is 1. The van der Waals surface area contributed by atoms with Crippen molar-refractivity contribution < 1.29 is 23.2 Å². The molecule has 48 heavy (non-hydrogen) atoms. The standard InChI is InChI=1S/C38H68N2O5SSi2/c1-13-47(14-2,15-3)44-34-24-35(41)43-33(27(8)22-30-25-46-29(10)39-30)23-32-31(40-32)21-19-20-26(7)36(28(9)37(42)38(34,11)12)45-48(16-4,17-5)18-6/h22,25-26,28,31-34,36,40H,13-21,23-24H2,1-12H3/b27-22+/t26?,28-,31-,32+,33?,34+,36+/m1/s1. The Morgan fingerprint density at radius 1 is 0.979 bits per heavy atom. The fourth-order valence-electron chi connectivity index (χ4n) is 7.89. The van der Waals surface area contributed by atoms with Crippen molar-refractivity contribution in [2.75, 3.05) is 0 Å². The lowest BCUT2D eigenvalue weighted by Gasteiger charge is -2.44. The quantitative estimate of drug-likeness (QED) is 0.130. The van der Waals surface area contributed by atoms with Gasteiger partial charge in [-0.25, -0.2) is 4.98 Å². The number of Topliss-reactive ketones (excluding diaryl/α,β-unsaturated/α-hetero) is 1. The third-order valence-electron chi connectivity index (χ3n) is 12.1. The summed E-state index contributed by atoms with van der Waals surface area (Å²) in [5, 5.41) is 6.74. The van der Waals surface area contributed by atoms with Crippen molar-refractivity contribution in [3.05, 3.63) is 21.7 Å². The van der Waals surface area contributed by atoms with Crippen LogP contribution in [-0.4, -0.2) is 63.8 Å². The second-order valence-electron chi connectivity index (χ2n) is 15.4. The molecular formula is C38H68N2O5SSi2. The fourth-order valence-corrected chi connectivity index (χ4v) is 14.5. The molecule has 2 saturated heterocycles. The summed E-state index contributed by atoms with van der Waals surface area (Å²) in [5.74, 6) is -0.224. The van der Waals surface area contributed by atoms with Gasteiger partial charge >= 0.3 is 5.97 Å². The average Bonchev–Trinajstić information content (AvgIpc) is 3.68. The highest BCUT2D eigenvalue weighted by atomic mass is 32.1. The summed E-state index contributed by atoms with van der Waals surface area (Å²) >= 11 is 1.62. The first-order chi connectivity index (χ1) is 22.6. The predicted molar refractivity (Wildman–Crippen MR) is 205 cm³/mol. The zero-order chi connectivity index (χ0) is 35.9. The van der Waals surface area contributed by atoms with E-state index in [4.69, 9.17) is 13.6 Å². The summed E-state index contributed by atoms with van der Waals surface area (Å²) in [6.07, 6.45) is 4.90. The number of aryl methyl sites for hydroxylation is 1. The van der Waals surface area contributed by atoms with Crippen LogP contribution >= 0.6 is 11.3 Å². The Labute approximate surface area is 299 Å². The zero-order valence-electron chi connectivity index (χ0n) is 32.4. The van der Waals surface area contributed by atoms with Crippen molar-refractivity contribution in [1.82, 2.24) is 10.3 Å². The highest BCUT2D eigenvalue weighted by Gasteiger charge is 2.49. The van der Waals surface area contributed by atoms with Gasteiger partial charge in [0.25, 0.3) is 0 Å². The van der Waals surface area contributed by atoms with Crippen LogP contribution < -0.4 is 5.32 Å². The van der Waals surface area contributed by atoms with Crippen molar-refractivity contribution in [3.63, 3.8) is 0 Å². The molecule has 2 fully saturated rings. The molecule has 274 valence electrons. The Morgan fingerprint density at radius 2 is 1.56 bits per heavy atom. The Balaban J connectivity index is 2.05. The number of hydrogen-bond donors (Lipinski definition) is 1. The van der Waals surface area contributed by atoms with Gasteiger partial charge in [0, 0.05) is 35.2 Å². The zero-order valence-corrected chi connectivity index (χ0v) is 35.2. The molecule has 2 aliphatic rings. The van der Waals surface area contributed by atoms with Gasteiger partial charge in [-0.2, -0.15) is 0 Å². The maximum Gasteiger partial charge on any atom is 0.309 e.